The smallest absolute Gasteiger partial charge is 0.425 e. The highest BCUT2D eigenvalue weighted by Gasteiger charge is 2.36. The van der Waals surface area contributed by atoms with Crippen molar-refractivity contribution in [2.75, 3.05) is 10.6 Å². The molecule has 1 heterocycles. The van der Waals surface area contributed by atoms with Crippen molar-refractivity contribution < 1.29 is 23.8 Å². The van der Waals surface area contributed by atoms with Gasteiger partial charge >= 0.3 is 12.2 Å². The Morgan fingerprint density at radius 3 is 1.90 bits per heavy atom. The molecule has 0 aliphatic heterocycles. The fourth-order valence-corrected chi connectivity index (χ4v) is 2.30. The molecule has 2 N–H and O–H groups in total. The molecule has 0 aliphatic carbocycles. The molecule has 0 saturated carbocycles. The lowest BCUT2D eigenvalue weighted by molar-refractivity contribution is 0.0429. The van der Waals surface area contributed by atoms with E-state index in [-0.39, 0.29) is 16.7 Å². The Bertz CT molecular complexity index is 892. The summed E-state index contributed by atoms with van der Waals surface area (Å²) in [7, 11) is 0. The minimum Gasteiger partial charge on any atom is -0.443 e. The molecule has 0 saturated heterocycles. The number of aromatic nitrogens is 2. The second-order valence-electron chi connectivity index (χ2n) is 8.28. The summed E-state index contributed by atoms with van der Waals surface area (Å²) in [5, 5.41) is -0.175. The number of hydrogen-bond donors (Lipinski definition) is 1. The van der Waals surface area contributed by atoms with Crippen LogP contribution in [0.3, 0.4) is 0 Å². The predicted octanol–water partition coefficient (Wildman–Crippen LogP) is 5.18. The molecule has 10 heteroatoms. The minimum absolute atomic E-state index is 0.0662. The summed E-state index contributed by atoms with van der Waals surface area (Å²) < 4.78 is 16.3. The zero-order chi connectivity index (χ0) is 22.7. The lowest BCUT2D eigenvalue weighted by Gasteiger charge is -2.28. The first kappa shape index (κ1) is 23.2. The first-order valence-electron chi connectivity index (χ1n) is 9.07. The van der Waals surface area contributed by atoms with Crippen molar-refractivity contribution in [2.24, 2.45) is 0 Å². The van der Waals surface area contributed by atoms with Gasteiger partial charge in [-0.3, -0.25) is 0 Å². The number of imide groups is 1. The number of benzene rings is 1. The van der Waals surface area contributed by atoms with E-state index in [4.69, 9.17) is 31.5 Å². The molecule has 2 rings (SSSR count). The van der Waals surface area contributed by atoms with Gasteiger partial charge in [-0.2, -0.15) is 9.88 Å². The van der Waals surface area contributed by atoms with Crippen LogP contribution in [0.2, 0.25) is 5.02 Å². The first-order chi connectivity index (χ1) is 13.8. The van der Waals surface area contributed by atoms with E-state index in [1.165, 1.54) is 0 Å². The number of amides is 2. The Morgan fingerprint density at radius 2 is 1.43 bits per heavy atom. The number of nitrogens with two attached hydrogens (primary N) is 1. The number of anilines is 2. The van der Waals surface area contributed by atoms with Crippen LogP contribution in [0.15, 0.2) is 30.6 Å². The van der Waals surface area contributed by atoms with Gasteiger partial charge in [0, 0.05) is 5.69 Å². The van der Waals surface area contributed by atoms with Gasteiger partial charge in [0.25, 0.3) is 0 Å². The van der Waals surface area contributed by atoms with Crippen molar-refractivity contribution in [3.05, 3.63) is 35.6 Å². The maximum absolute atomic E-state index is 12.8. The van der Waals surface area contributed by atoms with Gasteiger partial charge in [-0.25, -0.2) is 14.6 Å². The molecule has 1 aromatic carbocycles. The summed E-state index contributed by atoms with van der Waals surface area (Å²) in [5.41, 5.74) is 4.47. The van der Waals surface area contributed by atoms with Crippen molar-refractivity contribution in [2.45, 2.75) is 52.7 Å². The van der Waals surface area contributed by atoms with E-state index < -0.39 is 23.4 Å². The van der Waals surface area contributed by atoms with E-state index >= 15 is 0 Å². The molecule has 0 radical (unpaired) electrons. The van der Waals surface area contributed by atoms with Crippen molar-refractivity contribution in [3.63, 3.8) is 0 Å². The summed E-state index contributed by atoms with van der Waals surface area (Å²) >= 11 is 6.38. The van der Waals surface area contributed by atoms with Gasteiger partial charge in [0.2, 0.25) is 5.88 Å². The molecule has 0 unspecified atom stereocenters. The molecule has 0 bridgehead atoms. The van der Waals surface area contributed by atoms with Gasteiger partial charge in [0.05, 0.1) is 0 Å². The lowest BCUT2D eigenvalue weighted by Crippen LogP contribution is -2.44. The number of nitrogens with zero attached hydrogens (tertiary/aromatic N) is 3. The molecule has 0 fully saturated rings. The molecular formula is C20H25ClN4O5. The van der Waals surface area contributed by atoms with Crippen molar-refractivity contribution in [3.8, 4) is 11.6 Å². The highest BCUT2D eigenvalue weighted by atomic mass is 35.5. The second-order valence-corrected chi connectivity index (χ2v) is 8.66. The zero-order valence-corrected chi connectivity index (χ0v) is 18.5. The van der Waals surface area contributed by atoms with Crippen LogP contribution in [0, 0.1) is 0 Å². The Morgan fingerprint density at radius 1 is 0.933 bits per heavy atom. The summed E-state index contributed by atoms with van der Waals surface area (Å²) in [5.74, 6) is 0.0982. The summed E-state index contributed by atoms with van der Waals surface area (Å²) in [6.45, 7) is 9.97. The normalized spacial score (nSPS) is 11.6. The molecule has 0 atom stereocenters. The summed E-state index contributed by atoms with van der Waals surface area (Å²) in [4.78, 5) is 34.1. The van der Waals surface area contributed by atoms with E-state index in [0.717, 1.165) is 6.33 Å². The van der Waals surface area contributed by atoms with Gasteiger partial charge in [-0.1, -0.05) is 11.6 Å². The van der Waals surface area contributed by atoms with E-state index in [9.17, 15) is 9.59 Å². The molecule has 9 nitrogen and oxygen atoms in total. The standard InChI is InChI=1S/C20H25ClN4O5/c1-19(2,3)29-17(26)25(18(27)30-20(4,5)6)15-14(21)16(24-11-23-15)28-13-9-7-12(22)8-10-13/h7-11H,22H2,1-6H3. The SMILES string of the molecule is CC(C)(C)OC(=O)N(C(=O)OC(C)(C)C)c1ncnc(Oc2ccc(N)cc2)c1Cl. The fraction of sp³-hybridized carbons (Fsp3) is 0.400. The quantitative estimate of drug-likeness (QED) is 0.654. The topological polar surface area (TPSA) is 117 Å². The average Bonchev–Trinajstić information content (AvgIpc) is 2.57. The first-order valence-corrected chi connectivity index (χ1v) is 9.44. The lowest BCUT2D eigenvalue weighted by atomic mass is 10.2. The number of halogens is 1. The van der Waals surface area contributed by atoms with Crippen LogP contribution in [0.5, 0.6) is 11.6 Å². The molecule has 2 amide bonds. The van der Waals surface area contributed by atoms with Crippen LogP contribution >= 0.6 is 11.6 Å². The highest BCUT2D eigenvalue weighted by molar-refractivity contribution is 6.35. The van der Waals surface area contributed by atoms with Crippen LogP contribution in [0.1, 0.15) is 41.5 Å². The number of carbonyl (C=O) groups excluding carboxylic acids is 2. The van der Waals surface area contributed by atoms with Crippen molar-refractivity contribution >= 4 is 35.3 Å². The molecule has 0 spiro atoms. The molecule has 0 aliphatic rings. The Balaban J connectivity index is 2.45. The molecule has 162 valence electrons. The summed E-state index contributed by atoms with van der Waals surface area (Å²) in [6.07, 6.45) is -0.901. The van der Waals surface area contributed by atoms with E-state index in [0.29, 0.717) is 16.3 Å². The second kappa shape index (κ2) is 8.74. The molecule has 2 aromatic rings. The third-order valence-corrected chi connectivity index (χ3v) is 3.53. The third kappa shape index (κ3) is 6.48. The number of carbonyl (C=O) groups is 2. The molecule has 1 aromatic heterocycles. The monoisotopic (exact) mass is 436 g/mol. The van der Waals surface area contributed by atoms with Crippen LogP contribution in [0.25, 0.3) is 0 Å². The van der Waals surface area contributed by atoms with Crippen molar-refractivity contribution in [1.29, 1.82) is 0 Å². The van der Waals surface area contributed by atoms with E-state index in [2.05, 4.69) is 9.97 Å². The van der Waals surface area contributed by atoms with E-state index in [1.807, 2.05) is 0 Å². The summed E-state index contributed by atoms with van der Waals surface area (Å²) in [6, 6.07) is 6.51. The van der Waals surface area contributed by atoms with Gasteiger partial charge in [-0.15, -0.1) is 0 Å². The average molecular weight is 437 g/mol. The van der Waals surface area contributed by atoms with E-state index in [1.54, 1.807) is 65.8 Å². The Hall–Kier alpha value is -3.07. The van der Waals surface area contributed by atoms with Gasteiger partial charge in [0.1, 0.15) is 28.3 Å². The maximum atomic E-state index is 12.8. The van der Waals surface area contributed by atoms with Crippen LogP contribution in [-0.4, -0.2) is 33.4 Å². The Labute approximate surface area is 180 Å². The van der Waals surface area contributed by atoms with Gasteiger partial charge in [0.15, 0.2) is 5.82 Å². The van der Waals surface area contributed by atoms with Crippen molar-refractivity contribution in [1.82, 2.24) is 9.97 Å². The maximum Gasteiger partial charge on any atom is 0.425 e. The predicted molar refractivity (Wildman–Crippen MR) is 113 cm³/mol. The molecular weight excluding hydrogens is 412 g/mol. The number of nitrogen functional groups attached to an aromatic ring is 1. The van der Waals surface area contributed by atoms with Crippen LogP contribution < -0.4 is 15.4 Å². The van der Waals surface area contributed by atoms with Crippen LogP contribution in [0.4, 0.5) is 21.1 Å². The fourth-order valence-electron chi connectivity index (χ4n) is 2.08. The highest BCUT2D eigenvalue weighted by Crippen LogP contribution is 2.35. The number of rotatable bonds is 3. The van der Waals surface area contributed by atoms with Gasteiger partial charge in [-0.05, 0) is 65.8 Å². The zero-order valence-electron chi connectivity index (χ0n) is 17.7. The van der Waals surface area contributed by atoms with Gasteiger partial charge < -0.3 is 19.9 Å². The molecule has 30 heavy (non-hydrogen) atoms. The Kier molecular flexibility index (Phi) is 6.77. The number of hydrogen-bond acceptors (Lipinski definition) is 8. The van der Waals surface area contributed by atoms with Crippen LogP contribution in [-0.2, 0) is 9.47 Å². The third-order valence-electron chi connectivity index (χ3n) is 3.20. The largest absolute Gasteiger partial charge is 0.443 e. The number of ether oxygens (including phenoxy) is 3. The minimum atomic E-state index is -1.00.